The fourth-order valence-corrected chi connectivity index (χ4v) is 8.57. The van der Waals surface area contributed by atoms with E-state index in [1.807, 2.05) is 0 Å². The summed E-state index contributed by atoms with van der Waals surface area (Å²) in [5, 5.41) is 6.98. The lowest BCUT2D eigenvalue weighted by atomic mass is 9.94. The molecule has 0 amide bonds. The van der Waals surface area contributed by atoms with Gasteiger partial charge in [-0.3, -0.25) is 0 Å². The van der Waals surface area contributed by atoms with Crippen molar-refractivity contribution in [1.82, 2.24) is 4.57 Å². The lowest BCUT2D eigenvalue weighted by Gasteiger charge is -2.28. The maximum absolute atomic E-state index is 6.86. The zero-order chi connectivity index (χ0) is 36.3. The molecule has 0 N–H and O–H groups in total. The van der Waals surface area contributed by atoms with Crippen LogP contribution in [-0.4, -0.2) is 4.57 Å². The molecule has 0 atom stereocenters. The quantitative estimate of drug-likeness (QED) is 0.172. The molecule has 0 aliphatic heterocycles. The van der Waals surface area contributed by atoms with Crippen molar-refractivity contribution in [3.63, 3.8) is 0 Å². The first-order valence-corrected chi connectivity index (χ1v) is 18.8. The van der Waals surface area contributed by atoms with Gasteiger partial charge < -0.3 is 13.9 Å². The maximum atomic E-state index is 6.86. The Morgan fingerprint density at radius 3 is 1.73 bits per heavy atom. The van der Waals surface area contributed by atoms with Crippen molar-refractivity contribution in [3.05, 3.63) is 206 Å². The van der Waals surface area contributed by atoms with Crippen molar-refractivity contribution in [3.8, 4) is 27.9 Å². The minimum absolute atomic E-state index is 0.851. The van der Waals surface area contributed by atoms with Crippen molar-refractivity contribution >= 4 is 71.6 Å². The van der Waals surface area contributed by atoms with Gasteiger partial charge in [0.1, 0.15) is 11.2 Å². The molecule has 0 saturated heterocycles. The van der Waals surface area contributed by atoms with Crippen LogP contribution in [0.3, 0.4) is 0 Å². The molecule has 0 bridgehead atoms. The first-order chi connectivity index (χ1) is 27.3. The lowest BCUT2D eigenvalue weighted by Crippen LogP contribution is -2.12. The second-order valence-electron chi connectivity index (χ2n) is 14.1. The highest BCUT2D eigenvalue weighted by atomic mass is 16.3. The van der Waals surface area contributed by atoms with Gasteiger partial charge >= 0.3 is 0 Å². The number of rotatable bonds is 6. The van der Waals surface area contributed by atoms with Gasteiger partial charge in [-0.1, -0.05) is 152 Å². The zero-order valence-electron chi connectivity index (χ0n) is 29.9. The van der Waals surface area contributed by atoms with Crippen LogP contribution >= 0.6 is 0 Å². The van der Waals surface area contributed by atoms with Gasteiger partial charge in [-0.25, -0.2) is 0 Å². The van der Waals surface area contributed by atoms with Crippen LogP contribution in [0.5, 0.6) is 0 Å². The Kier molecular flexibility index (Phi) is 7.17. The highest BCUT2D eigenvalue weighted by Gasteiger charge is 2.25. The van der Waals surface area contributed by atoms with Gasteiger partial charge in [0.15, 0.2) is 0 Å². The zero-order valence-corrected chi connectivity index (χ0v) is 29.9. The van der Waals surface area contributed by atoms with E-state index < -0.39 is 0 Å². The number of para-hydroxylation sites is 3. The molecule has 3 heteroatoms. The molecule has 2 heterocycles. The Morgan fingerprint density at radius 2 is 0.964 bits per heavy atom. The van der Waals surface area contributed by atoms with Crippen molar-refractivity contribution in [2.45, 2.75) is 0 Å². The number of fused-ring (bicyclic) bond motifs is 8. The monoisotopic (exact) mass is 702 g/mol. The number of hydrogen-bond acceptors (Lipinski definition) is 2. The second kappa shape index (κ2) is 12.6. The SMILES string of the molecule is c1ccc(-c2ccc(N(c3cccc4oc5cc(-c6ccccc6)c6ccccc6c5c34)c3cccc4c5ccccc5n(-c5ccccc5)c34)cc2)cc1. The van der Waals surface area contributed by atoms with E-state index in [0.29, 0.717) is 0 Å². The summed E-state index contributed by atoms with van der Waals surface area (Å²) in [5.41, 5.74) is 13.0. The summed E-state index contributed by atoms with van der Waals surface area (Å²) in [5.74, 6) is 0. The summed E-state index contributed by atoms with van der Waals surface area (Å²) in [7, 11) is 0. The van der Waals surface area contributed by atoms with E-state index in [1.54, 1.807) is 0 Å². The summed E-state index contributed by atoms with van der Waals surface area (Å²) < 4.78 is 9.28. The molecule has 3 nitrogen and oxygen atoms in total. The third-order valence-corrected chi connectivity index (χ3v) is 11.0. The van der Waals surface area contributed by atoms with Gasteiger partial charge in [0.25, 0.3) is 0 Å². The third-order valence-electron chi connectivity index (χ3n) is 11.0. The summed E-state index contributed by atoms with van der Waals surface area (Å²) in [6.45, 7) is 0. The molecular weight excluding hydrogens is 669 g/mol. The summed E-state index contributed by atoms with van der Waals surface area (Å²) in [6, 6.07) is 73.8. The minimum atomic E-state index is 0.851. The molecule has 11 aromatic rings. The molecule has 0 aliphatic rings. The predicted octanol–water partition coefficient (Wildman–Crippen LogP) is 14.6. The van der Waals surface area contributed by atoms with Crippen LogP contribution in [0.4, 0.5) is 17.1 Å². The molecule has 55 heavy (non-hydrogen) atoms. The molecule has 258 valence electrons. The Labute approximate surface area is 318 Å². The van der Waals surface area contributed by atoms with Gasteiger partial charge in [0, 0.05) is 27.5 Å². The number of anilines is 3. The van der Waals surface area contributed by atoms with Crippen LogP contribution < -0.4 is 4.90 Å². The molecular formula is C52H34N2O. The largest absolute Gasteiger partial charge is 0.456 e. The summed E-state index contributed by atoms with van der Waals surface area (Å²) >= 11 is 0. The second-order valence-corrected chi connectivity index (χ2v) is 14.1. The third kappa shape index (κ3) is 4.98. The number of benzene rings is 9. The molecule has 0 radical (unpaired) electrons. The molecule has 0 spiro atoms. The first kappa shape index (κ1) is 31.2. The Balaban J connectivity index is 1.25. The molecule has 0 aliphatic carbocycles. The molecule has 9 aromatic carbocycles. The van der Waals surface area contributed by atoms with Crippen molar-refractivity contribution < 1.29 is 4.42 Å². The van der Waals surface area contributed by atoms with Gasteiger partial charge in [0.05, 0.1) is 27.8 Å². The van der Waals surface area contributed by atoms with Crippen molar-refractivity contribution in [2.75, 3.05) is 4.90 Å². The van der Waals surface area contributed by atoms with E-state index in [1.165, 1.54) is 43.8 Å². The summed E-state index contributed by atoms with van der Waals surface area (Å²) in [6.07, 6.45) is 0. The van der Waals surface area contributed by atoms with Gasteiger partial charge in [-0.05, 0) is 87.6 Å². The van der Waals surface area contributed by atoms with Crippen LogP contribution in [-0.2, 0) is 0 Å². The number of furan rings is 1. The van der Waals surface area contributed by atoms with E-state index in [-0.39, 0.29) is 0 Å². The molecule has 0 fully saturated rings. The lowest BCUT2D eigenvalue weighted by molar-refractivity contribution is 0.669. The molecule has 11 rings (SSSR count). The van der Waals surface area contributed by atoms with Crippen LogP contribution in [0.15, 0.2) is 211 Å². The van der Waals surface area contributed by atoms with E-state index in [2.05, 4.69) is 216 Å². The van der Waals surface area contributed by atoms with Crippen LogP contribution in [0.1, 0.15) is 0 Å². The van der Waals surface area contributed by atoms with E-state index in [0.717, 1.165) is 55.8 Å². The summed E-state index contributed by atoms with van der Waals surface area (Å²) in [4.78, 5) is 2.44. The Bertz CT molecular complexity index is 3180. The highest BCUT2D eigenvalue weighted by molar-refractivity contribution is 6.26. The molecule has 2 aromatic heterocycles. The standard InChI is InChI=1S/C52H34N2O/c1-4-16-35(17-5-1)36-30-32-39(33-31-36)53(47-28-14-25-43-41-23-12-13-26-45(41)54(52(43)47)38-20-8-3-9-21-38)46-27-15-29-48-51(46)50-42-24-11-10-22-40(42)44(34-49(50)55-48)37-18-6-2-7-19-37/h1-34H. The normalized spacial score (nSPS) is 11.6. The van der Waals surface area contributed by atoms with E-state index in [4.69, 9.17) is 4.42 Å². The van der Waals surface area contributed by atoms with Crippen molar-refractivity contribution in [2.24, 2.45) is 0 Å². The van der Waals surface area contributed by atoms with Crippen LogP contribution in [0, 0.1) is 0 Å². The maximum Gasteiger partial charge on any atom is 0.137 e. The fourth-order valence-electron chi connectivity index (χ4n) is 8.57. The minimum Gasteiger partial charge on any atom is -0.456 e. The predicted molar refractivity (Wildman–Crippen MR) is 231 cm³/mol. The average molecular weight is 703 g/mol. The van der Waals surface area contributed by atoms with E-state index in [9.17, 15) is 0 Å². The van der Waals surface area contributed by atoms with Crippen molar-refractivity contribution in [1.29, 1.82) is 0 Å². The Morgan fingerprint density at radius 1 is 0.382 bits per heavy atom. The smallest absolute Gasteiger partial charge is 0.137 e. The van der Waals surface area contributed by atoms with Crippen LogP contribution in [0.25, 0.3) is 82.5 Å². The van der Waals surface area contributed by atoms with Gasteiger partial charge in [0.2, 0.25) is 0 Å². The first-order valence-electron chi connectivity index (χ1n) is 18.8. The van der Waals surface area contributed by atoms with Gasteiger partial charge in [-0.2, -0.15) is 0 Å². The fraction of sp³-hybridized carbons (Fsp3) is 0. The highest BCUT2D eigenvalue weighted by Crippen LogP contribution is 2.49. The topological polar surface area (TPSA) is 21.3 Å². The molecule has 0 unspecified atom stereocenters. The van der Waals surface area contributed by atoms with Crippen LogP contribution in [0.2, 0.25) is 0 Å². The number of nitrogens with zero attached hydrogens (tertiary/aromatic N) is 2. The Hall–Kier alpha value is -7.36. The van der Waals surface area contributed by atoms with Gasteiger partial charge in [-0.15, -0.1) is 0 Å². The number of hydrogen-bond donors (Lipinski definition) is 0. The van der Waals surface area contributed by atoms with E-state index >= 15 is 0 Å². The average Bonchev–Trinajstić information content (AvgIpc) is 3.82. The molecule has 0 saturated carbocycles. The number of aromatic nitrogens is 1.